The second kappa shape index (κ2) is 4.87. The molecule has 0 bridgehead atoms. The number of hydrogen-bond donors (Lipinski definition) is 0. The van der Waals surface area contributed by atoms with Gasteiger partial charge in [0.25, 0.3) is 0 Å². The molecule has 88 valence electrons. The Labute approximate surface area is 101 Å². The number of ketones is 1. The van der Waals surface area contributed by atoms with Gasteiger partial charge >= 0.3 is 0 Å². The molecule has 0 fully saturated rings. The van der Waals surface area contributed by atoms with Crippen LogP contribution in [-0.4, -0.2) is 17.0 Å². The number of carbonyl (C=O) groups excluding carboxylic acids is 1. The van der Waals surface area contributed by atoms with Crippen molar-refractivity contribution >= 4 is 5.78 Å². The van der Waals surface area contributed by atoms with Crippen LogP contribution in [0.2, 0.25) is 0 Å². The van der Waals surface area contributed by atoms with E-state index >= 15 is 0 Å². The van der Waals surface area contributed by atoms with Gasteiger partial charge in [0.2, 0.25) is 0 Å². The predicted molar refractivity (Wildman–Crippen MR) is 66.9 cm³/mol. The number of carbonyl (C=O) groups is 1. The molecule has 0 spiro atoms. The van der Waals surface area contributed by atoms with Gasteiger partial charge in [-0.3, -0.25) is 4.79 Å². The fourth-order valence-corrected chi connectivity index (χ4v) is 1.74. The van der Waals surface area contributed by atoms with E-state index in [1.807, 2.05) is 54.2 Å². The maximum Gasteiger partial charge on any atom is 0.163 e. The van der Waals surface area contributed by atoms with E-state index in [0.717, 1.165) is 5.69 Å². The first kappa shape index (κ1) is 11.5. The Morgan fingerprint density at radius 1 is 1.29 bits per heavy atom. The highest BCUT2D eigenvalue weighted by atomic mass is 16.5. The van der Waals surface area contributed by atoms with Gasteiger partial charge in [-0.25, -0.2) is 0 Å². The Hall–Kier alpha value is -2.03. The SMILES string of the molecule is CCOc1ccc(-n2cccc2)cc1C(C)=O. The summed E-state index contributed by atoms with van der Waals surface area (Å²) in [5.74, 6) is 0.665. The van der Waals surface area contributed by atoms with Crippen molar-refractivity contribution < 1.29 is 9.53 Å². The van der Waals surface area contributed by atoms with Crippen LogP contribution in [-0.2, 0) is 0 Å². The zero-order valence-corrected chi connectivity index (χ0v) is 10.0. The Bertz CT molecular complexity index is 515. The molecule has 0 atom stereocenters. The van der Waals surface area contributed by atoms with Gasteiger partial charge in [-0.1, -0.05) is 0 Å². The Morgan fingerprint density at radius 2 is 2.00 bits per heavy atom. The summed E-state index contributed by atoms with van der Waals surface area (Å²) < 4.78 is 7.40. The molecule has 0 aliphatic carbocycles. The van der Waals surface area contributed by atoms with E-state index in [0.29, 0.717) is 17.9 Å². The smallest absolute Gasteiger partial charge is 0.163 e. The second-order valence-electron chi connectivity index (χ2n) is 3.76. The van der Waals surface area contributed by atoms with E-state index in [4.69, 9.17) is 4.74 Å². The molecule has 0 aliphatic heterocycles. The van der Waals surface area contributed by atoms with Gasteiger partial charge in [-0.2, -0.15) is 0 Å². The van der Waals surface area contributed by atoms with E-state index in [9.17, 15) is 4.79 Å². The molecule has 1 aromatic heterocycles. The minimum absolute atomic E-state index is 0.0162. The van der Waals surface area contributed by atoms with Crippen LogP contribution in [0.25, 0.3) is 5.69 Å². The first-order valence-electron chi connectivity index (χ1n) is 5.63. The van der Waals surface area contributed by atoms with Crippen LogP contribution >= 0.6 is 0 Å². The van der Waals surface area contributed by atoms with E-state index in [1.165, 1.54) is 0 Å². The summed E-state index contributed by atoms with van der Waals surface area (Å²) in [6, 6.07) is 9.54. The average Bonchev–Trinajstić information content (AvgIpc) is 2.83. The Balaban J connectivity index is 2.45. The number of benzene rings is 1. The molecule has 1 heterocycles. The monoisotopic (exact) mass is 229 g/mol. The molecule has 17 heavy (non-hydrogen) atoms. The van der Waals surface area contributed by atoms with Crippen LogP contribution in [0.3, 0.4) is 0 Å². The number of aromatic nitrogens is 1. The standard InChI is InChI=1S/C14H15NO2/c1-3-17-14-7-6-12(10-13(14)11(2)16)15-8-4-5-9-15/h4-10H,3H2,1-2H3. The summed E-state index contributed by atoms with van der Waals surface area (Å²) >= 11 is 0. The lowest BCUT2D eigenvalue weighted by Gasteiger charge is -2.10. The molecule has 0 radical (unpaired) electrons. The van der Waals surface area contributed by atoms with Crippen molar-refractivity contribution in [2.24, 2.45) is 0 Å². The Kier molecular flexibility index (Phi) is 3.28. The number of hydrogen-bond acceptors (Lipinski definition) is 2. The van der Waals surface area contributed by atoms with E-state index in [2.05, 4.69) is 0 Å². The minimum atomic E-state index is 0.0162. The highest BCUT2D eigenvalue weighted by Gasteiger charge is 2.09. The molecule has 2 rings (SSSR count). The van der Waals surface area contributed by atoms with Crippen molar-refractivity contribution in [1.82, 2.24) is 4.57 Å². The van der Waals surface area contributed by atoms with Crippen molar-refractivity contribution in [3.05, 3.63) is 48.3 Å². The van der Waals surface area contributed by atoms with Gasteiger partial charge in [0.15, 0.2) is 5.78 Å². The summed E-state index contributed by atoms with van der Waals surface area (Å²) in [5, 5.41) is 0. The predicted octanol–water partition coefficient (Wildman–Crippen LogP) is 3.08. The molecule has 0 amide bonds. The maximum absolute atomic E-state index is 11.6. The van der Waals surface area contributed by atoms with Gasteiger partial charge in [-0.05, 0) is 44.2 Å². The lowest BCUT2D eigenvalue weighted by Crippen LogP contribution is -2.02. The first-order valence-corrected chi connectivity index (χ1v) is 5.63. The van der Waals surface area contributed by atoms with Crippen molar-refractivity contribution in [3.63, 3.8) is 0 Å². The van der Waals surface area contributed by atoms with Crippen molar-refractivity contribution in [2.45, 2.75) is 13.8 Å². The molecule has 3 heteroatoms. The van der Waals surface area contributed by atoms with Crippen LogP contribution in [0.5, 0.6) is 5.75 Å². The molecule has 0 saturated carbocycles. The summed E-state index contributed by atoms with van der Waals surface area (Å²) in [6.45, 7) is 4.02. The average molecular weight is 229 g/mol. The summed E-state index contributed by atoms with van der Waals surface area (Å²) in [4.78, 5) is 11.6. The van der Waals surface area contributed by atoms with E-state index < -0.39 is 0 Å². The number of Topliss-reactive ketones (excluding diaryl/α,β-unsaturated/α-hetero) is 1. The lowest BCUT2D eigenvalue weighted by atomic mass is 10.1. The van der Waals surface area contributed by atoms with E-state index in [-0.39, 0.29) is 5.78 Å². The quantitative estimate of drug-likeness (QED) is 0.754. The zero-order chi connectivity index (χ0) is 12.3. The number of nitrogens with zero attached hydrogens (tertiary/aromatic N) is 1. The normalized spacial score (nSPS) is 10.2. The van der Waals surface area contributed by atoms with Crippen LogP contribution in [0.4, 0.5) is 0 Å². The minimum Gasteiger partial charge on any atom is -0.493 e. The Morgan fingerprint density at radius 3 is 2.59 bits per heavy atom. The van der Waals surface area contributed by atoms with Crippen LogP contribution in [0.15, 0.2) is 42.7 Å². The third kappa shape index (κ3) is 2.38. The zero-order valence-electron chi connectivity index (χ0n) is 10.0. The molecular weight excluding hydrogens is 214 g/mol. The molecule has 1 aromatic carbocycles. The van der Waals surface area contributed by atoms with Crippen molar-refractivity contribution in [3.8, 4) is 11.4 Å². The fraction of sp³-hybridized carbons (Fsp3) is 0.214. The van der Waals surface area contributed by atoms with Crippen LogP contribution in [0.1, 0.15) is 24.2 Å². The molecule has 0 aliphatic rings. The fourth-order valence-electron chi connectivity index (χ4n) is 1.74. The van der Waals surface area contributed by atoms with Gasteiger partial charge in [-0.15, -0.1) is 0 Å². The summed E-state index contributed by atoms with van der Waals surface area (Å²) in [5.41, 5.74) is 1.58. The van der Waals surface area contributed by atoms with Crippen molar-refractivity contribution in [2.75, 3.05) is 6.61 Å². The third-order valence-corrected chi connectivity index (χ3v) is 2.54. The van der Waals surface area contributed by atoms with Crippen LogP contribution in [0, 0.1) is 0 Å². The van der Waals surface area contributed by atoms with Crippen LogP contribution < -0.4 is 4.74 Å². The molecule has 0 saturated heterocycles. The molecule has 2 aromatic rings. The molecular formula is C14H15NO2. The highest BCUT2D eigenvalue weighted by Crippen LogP contribution is 2.22. The van der Waals surface area contributed by atoms with E-state index in [1.54, 1.807) is 6.92 Å². The number of rotatable bonds is 4. The molecule has 3 nitrogen and oxygen atoms in total. The second-order valence-corrected chi connectivity index (χ2v) is 3.76. The topological polar surface area (TPSA) is 31.2 Å². The van der Waals surface area contributed by atoms with Crippen molar-refractivity contribution in [1.29, 1.82) is 0 Å². The van der Waals surface area contributed by atoms with Gasteiger partial charge in [0.05, 0.1) is 12.2 Å². The van der Waals surface area contributed by atoms with Gasteiger partial charge in [0, 0.05) is 18.1 Å². The first-order chi connectivity index (χ1) is 8.22. The lowest BCUT2D eigenvalue weighted by molar-refractivity contribution is 0.101. The largest absolute Gasteiger partial charge is 0.493 e. The summed E-state index contributed by atoms with van der Waals surface area (Å²) in [7, 11) is 0. The van der Waals surface area contributed by atoms with Gasteiger partial charge < -0.3 is 9.30 Å². The van der Waals surface area contributed by atoms with Gasteiger partial charge in [0.1, 0.15) is 5.75 Å². The molecule has 0 unspecified atom stereocenters. The number of ether oxygens (including phenoxy) is 1. The summed E-state index contributed by atoms with van der Waals surface area (Å²) in [6.07, 6.45) is 3.89. The third-order valence-electron chi connectivity index (χ3n) is 2.54. The molecule has 0 N–H and O–H groups in total. The maximum atomic E-state index is 11.6. The highest BCUT2D eigenvalue weighted by molar-refractivity contribution is 5.97.